The van der Waals surface area contributed by atoms with Gasteiger partial charge in [-0.3, -0.25) is 4.79 Å². The maximum absolute atomic E-state index is 12.2. The monoisotopic (exact) mass is 296 g/mol. The van der Waals surface area contributed by atoms with Crippen molar-refractivity contribution in [3.8, 4) is 0 Å². The topological polar surface area (TPSA) is 111 Å². The maximum atomic E-state index is 12.2. The Balaban J connectivity index is 1.87. The summed E-state index contributed by atoms with van der Waals surface area (Å²) in [6.07, 6.45) is 5.87. The number of hydrogen-bond donors (Lipinski definition) is 2. The molecule has 7 nitrogen and oxygen atoms in total. The van der Waals surface area contributed by atoms with Crippen LogP contribution in [0.4, 0.5) is 11.9 Å². The van der Waals surface area contributed by atoms with Crippen molar-refractivity contribution in [3.63, 3.8) is 0 Å². The lowest BCUT2D eigenvalue weighted by atomic mass is 9.94. The summed E-state index contributed by atoms with van der Waals surface area (Å²) >= 11 is 1.24. The number of hydrogen-bond acceptors (Lipinski definition) is 7. The van der Waals surface area contributed by atoms with Crippen LogP contribution in [-0.2, 0) is 4.79 Å². The van der Waals surface area contributed by atoms with Crippen molar-refractivity contribution in [2.24, 2.45) is 0 Å². The molecule has 1 heterocycles. The molecule has 0 spiro atoms. The SMILES string of the molecule is CN(C(=O)CSc1nc(N)nc(N)n1)C1CCCCC1. The van der Waals surface area contributed by atoms with Crippen LogP contribution in [0, 0.1) is 0 Å². The summed E-state index contributed by atoms with van der Waals surface area (Å²) in [5.74, 6) is 0.524. The molecule has 0 saturated heterocycles. The third-order valence-electron chi connectivity index (χ3n) is 3.49. The number of thioether (sulfide) groups is 1. The van der Waals surface area contributed by atoms with E-state index >= 15 is 0 Å². The lowest BCUT2D eigenvalue weighted by Gasteiger charge is -2.31. The molecule has 8 heteroatoms. The highest BCUT2D eigenvalue weighted by atomic mass is 32.2. The Hall–Kier alpha value is -1.57. The Morgan fingerprint density at radius 1 is 1.20 bits per heavy atom. The number of amides is 1. The van der Waals surface area contributed by atoms with Crippen LogP contribution in [-0.4, -0.2) is 44.6 Å². The molecule has 0 aromatic carbocycles. The predicted molar refractivity (Wildman–Crippen MR) is 79.0 cm³/mol. The summed E-state index contributed by atoms with van der Waals surface area (Å²) in [4.78, 5) is 25.6. The van der Waals surface area contributed by atoms with Crippen molar-refractivity contribution in [2.75, 3.05) is 24.3 Å². The van der Waals surface area contributed by atoms with Crippen molar-refractivity contribution in [3.05, 3.63) is 0 Å². The Morgan fingerprint density at radius 3 is 2.40 bits per heavy atom. The molecular weight excluding hydrogens is 276 g/mol. The fourth-order valence-electron chi connectivity index (χ4n) is 2.35. The van der Waals surface area contributed by atoms with E-state index in [0.29, 0.717) is 11.2 Å². The van der Waals surface area contributed by atoms with E-state index in [1.165, 1.54) is 31.0 Å². The van der Waals surface area contributed by atoms with Crippen LogP contribution in [0.3, 0.4) is 0 Å². The van der Waals surface area contributed by atoms with Gasteiger partial charge in [0.15, 0.2) is 5.16 Å². The molecule has 4 N–H and O–H groups in total. The molecule has 1 aromatic rings. The van der Waals surface area contributed by atoms with Gasteiger partial charge >= 0.3 is 0 Å². The Morgan fingerprint density at radius 2 is 1.80 bits per heavy atom. The van der Waals surface area contributed by atoms with E-state index in [4.69, 9.17) is 11.5 Å². The highest BCUT2D eigenvalue weighted by molar-refractivity contribution is 7.99. The number of aromatic nitrogens is 3. The van der Waals surface area contributed by atoms with Crippen molar-refractivity contribution in [1.82, 2.24) is 19.9 Å². The van der Waals surface area contributed by atoms with E-state index in [1.54, 1.807) is 0 Å². The van der Waals surface area contributed by atoms with E-state index in [-0.39, 0.29) is 23.6 Å². The van der Waals surface area contributed by atoms with Crippen molar-refractivity contribution in [1.29, 1.82) is 0 Å². The predicted octanol–water partition coefficient (Wildman–Crippen LogP) is 0.919. The average Bonchev–Trinajstić information content (AvgIpc) is 2.44. The first kappa shape index (κ1) is 14.8. The summed E-state index contributed by atoms with van der Waals surface area (Å²) in [6.45, 7) is 0. The smallest absolute Gasteiger partial charge is 0.233 e. The van der Waals surface area contributed by atoms with Crippen LogP contribution in [0.2, 0.25) is 0 Å². The van der Waals surface area contributed by atoms with E-state index < -0.39 is 0 Å². The number of nitrogens with zero attached hydrogens (tertiary/aromatic N) is 4. The lowest BCUT2D eigenvalue weighted by Crippen LogP contribution is -2.39. The Labute approximate surface area is 122 Å². The molecular formula is C12H20N6OS. The minimum Gasteiger partial charge on any atom is -0.368 e. The third kappa shape index (κ3) is 3.96. The van der Waals surface area contributed by atoms with Gasteiger partial charge in [0.25, 0.3) is 0 Å². The normalized spacial score (nSPS) is 16.1. The zero-order chi connectivity index (χ0) is 14.5. The minimum absolute atomic E-state index is 0.0769. The standard InChI is InChI=1S/C12H20N6OS/c1-18(8-5-3-2-4-6-8)9(19)7-20-12-16-10(13)15-11(14)17-12/h8H,2-7H2,1H3,(H4,13,14,15,16,17). The molecule has 1 aliphatic rings. The second kappa shape index (κ2) is 6.74. The number of nitrogen functional groups attached to an aromatic ring is 2. The molecule has 0 bridgehead atoms. The van der Waals surface area contributed by atoms with Crippen molar-refractivity contribution < 1.29 is 4.79 Å². The largest absolute Gasteiger partial charge is 0.368 e. The molecule has 1 fully saturated rings. The van der Waals surface area contributed by atoms with Crippen LogP contribution in [0.1, 0.15) is 32.1 Å². The molecule has 0 radical (unpaired) electrons. The summed E-state index contributed by atoms with van der Waals surface area (Å²) in [6, 6.07) is 0.366. The van der Waals surface area contributed by atoms with Gasteiger partial charge in [0.05, 0.1) is 5.75 Å². The second-order valence-corrected chi connectivity index (χ2v) is 5.86. The number of carbonyl (C=O) groups is 1. The average molecular weight is 296 g/mol. The van der Waals surface area contributed by atoms with E-state index in [0.717, 1.165) is 12.8 Å². The van der Waals surface area contributed by atoms with Crippen LogP contribution in [0.25, 0.3) is 0 Å². The molecule has 1 amide bonds. The third-order valence-corrected chi connectivity index (χ3v) is 4.32. The highest BCUT2D eigenvalue weighted by Crippen LogP contribution is 2.23. The van der Waals surface area contributed by atoms with Crippen LogP contribution >= 0.6 is 11.8 Å². The first-order chi connectivity index (χ1) is 9.56. The van der Waals surface area contributed by atoms with E-state index in [2.05, 4.69) is 15.0 Å². The van der Waals surface area contributed by atoms with Gasteiger partial charge in [0.2, 0.25) is 17.8 Å². The van der Waals surface area contributed by atoms with Crippen LogP contribution in [0.15, 0.2) is 5.16 Å². The van der Waals surface area contributed by atoms with Crippen molar-refractivity contribution in [2.45, 2.75) is 43.3 Å². The van der Waals surface area contributed by atoms with Gasteiger partial charge in [0, 0.05) is 13.1 Å². The number of anilines is 2. The quantitative estimate of drug-likeness (QED) is 0.795. The molecule has 1 aliphatic carbocycles. The molecule has 1 saturated carbocycles. The van der Waals surface area contributed by atoms with Gasteiger partial charge < -0.3 is 16.4 Å². The molecule has 0 unspecified atom stereocenters. The van der Waals surface area contributed by atoms with E-state index in [9.17, 15) is 4.79 Å². The lowest BCUT2D eigenvalue weighted by molar-refractivity contribution is -0.129. The molecule has 1 aromatic heterocycles. The zero-order valence-electron chi connectivity index (χ0n) is 11.6. The summed E-state index contributed by atoms with van der Waals surface area (Å²) < 4.78 is 0. The number of carbonyl (C=O) groups excluding carboxylic acids is 1. The first-order valence-corrected chi connectivity index (χ1v) is 7.70. The van der Waals surface area contributed by atoms with Gasteiger partial charge in [0.1, 0.15) is 0 Å². The highest BCUT2D eigenvalue weighted by Gasteiger charge is 2.22. The van der Waals surface area contributed by atoms with Gasteiger partial charge in [-0.25, -0.2) is 0 Å². The zero-order valence-corrected chi connectivity index (χ0v) is 12.4. The van der Waals surface area contributed by atoms with Gasteiger partial charge in [-0.15, -0.1) is 0 Å². The van der Waals surface area contributed by atoms with Crippen molar-refractivity contribution >= 4 is 29.6 Å². The molecule has 20 heavy (non-hydrogen) atoms. The molecule has 2 rings (SSSR count). The summed E-state index contributed by atoms with van der Waals surface area (Å²) in [5.41, 5.74) is 11.0. The van der Waals surface area contributed by atoms with Crippen LogP contribution in [0.5, 0.6) is 0 Å². The first-order valence-electron chi connectivity index (χ1n) is 6.71. The maximum Gasteiger partial charge on any atom is 0.233 e. The number of rotatable bonds is 4. The van der Waals surface area contributed by atoms with E-state index in [1.807, 2.05) is 11.9 Å². The summed E-state index contributed by atoms with van der Waals surface area (Å²) in [5, 5.41) is 0.389. The number of nitrogens with two attached hydrogens (primary N) is 2. The minimum atomic E-state index is 0.0769. The van der Waals surface area contributed by atoms with Gasteiger partial charge in [-0.1, -0.05) is 31.0 Å². The Kier molecular flexibility index (Phi) is 4.99. The molecule has 0 atom stereocenters. The van der Waals surface area contributed by atoms with Gasteiger partial charge in [-0.2, -0.15) is 15.0 Å². The molecule has 0 aliphatic heterocycles. The molecule has 110 valence electrons. The van der Waals surface area contributed by atoms with Crippen LogP contribution < -0.4 is 11.5 Å². The summed E-state index contributed by atoms with van der Waals surface area (Å²) in [7, 11) is 1.87. The van der Waals surface area contributed by atoms with Gasteiger partial charge in [-0.05, 0) is 12.8 Å². The Bertz CT molecular complexity index is 457. The second-order valence-electron chi connectivity index (χ2n) is 4.92. The fraction of sp³-hybridized carbons (Fsp3) is 0.667. The fourth-order valence-corrected chi connectivity index (χ4v) is 3.13.